The number of carbonyl (C=O) groups excluding carboxylic acids is 1. The van der Waals surface area contributed by atoms with Gasteiger partial charge in [-0.25, -0.2) is 0 Å². The van der Waals surface area contributed by atoms with Crippen molar-refractivity contribution in [3.05, 3.63) is 97.2 Å². The van der Waals surface area contributed by atoms with Crippen LogP contribution < -0.4 is 5.32 Å². The van der Waals surface area contributed by atoms with Crippen molar-refractivity contribution < 1.29 is 89.4 Å². The van der Waals surface area contributed by atoms with Crippen molar-refractivity contribution in [1.29, 1.82) is 0 Å². The van der Waals surface area contributed by atoms with Gasteiger partial charge in [0.25, 0.3) is 0 Å². The standard InChI is InChI=1S/C75H129NO18/c1-3-5-7-9-11-13-15-17-19-21-23-24-25-26-27-28-29-30-31-32-33-34-35-37-39-41-43-45-47-49-51-53-63(81)76-58(59(80)52-50-48-46-44-42-40-38-36-22-20-18-16-14-12-10-8-6-4-2)57-89-73-69(87)66(84)71(61(55-78)91-73)94-75-70(88)67(85)72(62(56-79)92-75)93-74-68(86)65(83)64(82)60(54-77)90-74/h5,7,11,13,17,19,23-24,26-27,29-30,42,44,50,52,58-62,64-75,77-80,82-88H,3-4,6,8-10,12,14-16,18,20-22,25,28,31-41,43,45-49,51,53-57H2,1-2H3,(H,76,81)/b7-5-,13-11-,19-17-,24-23-,27-26-,30-29-,44-42+,52-50+. The number of amides is 1. The Morgan fingerprint density at radius 3 is 1.19 bits per heavy atom. The van der Waals surface area contributed by atoms with Gasteiger partial charge in [0.1, 0.15) is 73.2 Å². The summed E-state index contributed by atoms with van der Waals surface area (Å²) in [6.45, 7) is 1.60. The molecule has 0 aliphatic carbocycles. The highest BCUT2D eigenvalue weighted by Crippen LogP contribution is 2.33. The fourth-order valence-corrected chi connectivity index (χ4v) is 11.7. The second-order valence-electron chi connectivity index (χ2n) is 25.7. The molecule has 17 atom stereocenters. The fraction of sp³-hybridized carbons (Fsp3) is 0.773. The van der Waals surface area contributed by atoms with Crippen LogP contribution in [-0.2, 0) is 33.2 Å². The molecule has 3 rings (SSSR count). The van der Waals surface area contributed by atoms with Crippen LogP contribution in [0.25, 0.3) is 0 Å². The molecule has 0 aromatic carbocycles. The van der Waals surface area contributed by atoms with E-state index in [-0.39, 0.29) is 18.9 Å². The van der Waals surface area contributed by atoms with Crippen LogP contribution in [0.2, 0.25) is 0 Å². The minimum Gasteiger partial charge on any atom is -0.394 e. The lowest BCUT2D eigenvalue weighted by Gasteiger charge is -2.48. The van der Waals surface area contributed by atoms with E-state index in [9.17, 15) is 61.0 Å². The van der Waals surface area contributed by atoms with Gasteiger partial charge in [0.15, 0.2) is 18.9 Å². The summed E-state index contributed by atoms with van der Waals surface area (Å²) in [6.07, 6.45) is 46.7. The van der Waals surface area contributed by atoms with Gasteiger partial charge in [-0.05, 0) is 83.5 Å². The summed E-state index contributed by atoms with van der Waals surface area (Å²) in [4.78, 5) is 13.4. The zero-order chi connectivity index (χ0) is 68.2. The highest BCUT2D eigenvalue weighted by atomic mass is 16.8. The van der Waals surface area contributed by atoms with Crippen LogP contribution in [0.3, 0.4) is 0 Å². The quantitative estimate of drug-likeness (QED) is 0.0199. The summed E-state index contributed by atoms with van der Waals surface area (Å²) in [5.74, 6) is -0.291. The van der Waals surface area contributed by atoms with Gasteiger partial charge in [-0.1, -0.05) is 246 Å². The van der Waals surface area contributed by atoms with E-state index in [1.807, 2.05) is 6.08 Å². The van der Waals surface area contributed by atoms with E-state index in [1.54, 1.807) is 6.08 Å². The van der Waals surface area contributed by atoms with Gasteiger partial charge in [-0.2, -0.15) is 0 Å². The summed E-state index contributed by atoms with van der Waals surface area (Å²) in [5.41, 5.74) is 0. The third-order valence-corrected chi connectivity index (χ3v) is 17.6. The topological polar surface area (TPSA) is 307 Å². The molecule has 17 unspecified atom stereocenters. The van der Waals surface area contributed by atoms with Crippen molar-refractivity contribution in [1.82, 2.24) is 5.32 Å². The van der Waals surface area contributed by atoms with E-state index < -0.39 is 124 Å². The third kappa shape index (κ3) is 36.5. The molecule has 19 heteroatoms. The Kier molecular flexibility index (Phi) is 50.2. The molecule has 0 saturated carbocycles. The van der Waals surface area contributed by atoms with Crippen LogP contribution >= 0.6 is 0 Å². The van der Waals surface area contributed by atoms with Gasteiger partial charge >= 0.3 is 0 Å². The summed E-state index contributed by atoms with van der Waals surface area (Å²) >= 11 is 0. The molecule has 0 aromatic heterocycles. The molecule has 542 valence electrons. The number of carbonyl (C=O) groups is 1. The van der Waals surface area contributed by atoms with Gasteiger partial charge in [-0.15, -0.1) is 0 Å². The van der Waals surface area contributed by atoms with Crippen LogP contribution in [0.1, 0.15) is 239 Å². The molecule has 0 aromatic rings. The van der Waals surface area contributed by atoms with Gasteiger partial charge in [-0.3, -0.25) is 4.79 Å². The highest BCUT2D eigenvalue weighted by molar-refractivity contribution is 5.76. The lowest BCUT2D eigenvalue weighted by atomic mass is 9.96. The highest BCUT2D eigenvalue weighted by Gasteiger charge is 2.53. The maximum atomic E-state index is 13.4. The first-order valence-electron chi connectivity index (χ1n) is 36.5. The van der Waals surface area contributed by atoms with Crippen molar-refractivity contribution >= 4 is 5.91 Å². The molecule has 3 aliphatic rings. The van der Waals surface area contributed by atoms with E-state index in [0.717, 1.165) is 89.9 Å². The number of hydrogen-bond acceptors (Lipinski definition) is 18. The van der Waals surface area contributed by atoms with E-state index in [0.29, 0.717) is 12.8 Å². The predicted octanol–water partition coefficient (Wildman–Crippen LogP) is 10.4. The first-order valence-corrected chi connectivity index (χ1v) is 36.5. The first kappa shape index (κ1) is 84.9. The Morgan fingerprint density at radius 2 is 0.745 bits per heavy atom. The Labute approximate surface area is 564 Å². The monoisotopic (exact) mass is 1330 g/mol. The molecular formula is C75H129NO18. The van der Waals surface area contributed by atoms with Crippen LogP contribution in [0.5, 0.6) is 0 Å². The number of nitrogens with one attached hydrogen (secondary N) is 1. The lowest BCUT2D eigenvalue weighted by molar-refractivity contribution is -0.379. The van der Waals surface area contributed by atoms with Crippen molar-refractivity contribution in [3.8, 4) is 0 Å². The largest absolute Gasteiger partial charge is 0.394 e. The summed E-state index contributed by atoms with van der Waals surface area (Å²) < 4.78 is 34.4. The molecule has 3 saturated heterocycles. The number of aliphatic hydroxyl groups excluding tert-OH is 11. The molecule has 94 heavy (non-hydrogen) atoms. The molecule has 0 spiro atoms. The summed E-state index contributed by atoms with van der Waals surface area (Å²) in [5, 5.41) is 121. The van der Waals surface area contributed by atoms with Crippen LogP contribution in [0.15, 0.2) is 97.2 Å². The van der Waals surface area contributed by atoms with Gasteiger partial charge < -0.3 is 89.9 Å². The SMILES string of the molecule is CC/C=C\C/C=C\C/C=C\C/C=C\C/C=C\C/C=C\CCCCCCCCCCCCCCC(=O)NC(COC1OC(CO)C(OC2OC(CO)C(OC3OC(CO)C(O)C(O)C3O)C(O)C2O)C(O)C1O)C(O)/C=C/CC/C=C/CCCCCCCCCCCCCC. The fourth-order valence-electron chi connectivity index (χ4n) is 11.7. The molecule has 3 aliphatic heterocycles. The van der Waals surface area contributed by atoms with Crippen LogP contribution in [0.4, 0.5) is 0 Å². The molecule has 3 fully saturated rings. The van der Waals surface area contributed by atoms with Crippen LogP contribution in [-0.4, -0.2) is 193 Å². The molecule has 19 nitrogen and oxygen atoms in total. The van der Waals surface area contributed by atoms with E-state index in [2.05, 4.69) is 104 Å². The van der Waals surface area contributed by atoms with Crippen LogP contribution in [0, 0.1) is 0 Å². The molecule has 1 amide bonds. The maximum Gasteiger partial charge on any atom is 0.220 e. The van der Waals surface area contributed by atoms with E-state index in [1.165, 1.54) is 116 Å². The average molecular weight is 1330 g/mol. The molecule has 0 bridgehead atoms. The Balaban J connectivity index is 1.41. The Morgan fingerprint density at radius 1 is 0.394 bits per heavy atom. The predicted molar refractivity (Wildman–Crippen MR) is 369 cm³/mol. The smallest absolute Gasteiger partial charge is 0.220 e. The zero-order valence-corrected chi connectivity index (χ0v) is 57.4. The minimum absolute atomic E-state index is 0.228. The lowest BCUT2D eigenvalue weighted by Crippen LogP contribution is -2.66. The van der Waals surface area contributed by atoms with Gasteiger partial charge in [0, 0.05) is 6.42 Å². The Bertz CT molecular complexity index is 2080. The maximum absolute atomic E-state index is 13.4. The number of rotatable bonds is 55. The Hall–Kier alpha value is -3.29. The number of allylic oxidation sites excluding steroid dienone is 15. The van der Waals surface area contributed by atoms with Crippen molar-refractivity contribution in [2.24, 2.45) is 0 Å². The number of hydrogen-bond donors (Lipinski definition) is 12. The molecular weight excluding hydrogens is 1200 g/mol. The average Bonchev–Trinajstić information content (AvgIpc) is 0.787. The number of ether oxygens (including phenoxy) is 6. The summed E-state index contributed by atoms with van der Waals surface area (Å²) in [6, 6.07) is -0.997. The zero-order valence-electron chi connectivity index (χ0n) is 57.4. The van der Waals surface area contributed by atoms with Gasteiger partial charge in [0.2, 0.25) is 5.91 Å². The minimum atomic E-state index is -1.98. The number of aliphatic hydroxyl groups is 11. The second-order valence-corrected chi connectivity index (χ2v) is 25.7. The number of unbranched alkanes of at least 4 members (excludes halogenated alkanes) is 25. The molecule has 12 N–H and O–H groups in total. The van der Waals surface area contributed by atoms with Gasteiger partial charge in [0.05, 0.1) is 38.6 Å². The molecule has 0 radical (unpaired) electrons. The third-order valence-electron chi connectivity index (χ3n) is 17.6. The van der Waals surface area contributed by atoms with E-state index >= 15 is 0 Å². The summed E-state index contributed by atoms with van der Waals surface area (Å²) in [7, 11) is 0. The normalized spacial score (nSPS) is 27.9. The van der Waals surface area contributed by atoms with Crippen molar-refractivity contribution in [2.45, 2.75) is 343 Å². The van der Waals surface area contributed by atoms with E-state index in [4.69, 9.17) is 28.4 Å². The molecule has 3 heterocycles. The first-order chi connectivity index (χ1) is 45.8. The second kappa shape index (κ2) is 55.6. The van der Waals surface area contributed by atoms with Crippen molar-refractivity contribution in [3.63, 3.8) is 0 Å². The van der Waals surface area contributed by atoms with Crippen molar-refractivity contribution in [2.75, 3.05) is 26.4 Å².